The second-order valence-corrected chi connectivity index (χ2v) is 17.6. The van der Waals surface area contributed by atoms with Gasteiger partial charge in [-0.25, -0.2) is 14.9 Å². The molecule has 67 heavy (non-hydrogen) atoms. The summed E-state index contributed by atoms with van der Waals surface area (Å²) >= 11 is 0. The molecule has 0 saturated carbocycles. The molecule has 0 saturated heterocycles. The molecule has 2 aromatic rings. The molecule has 5 atom stereocenters. The van der Waals surface area contributed by atoms with Crippen molar-refractivity contribution < 1.29 is 58.2 Å². The van der Waals surface area contributed by atoms with E-state index in [1.165, 1.54) is 0 Å². The third kappa shape index (κ3) is 25.8. The smallest absolute Gasteiger partial charge is 0.407 e. The molecule has 2 aromatic carbocycles. The molecule has 0 aliphatic carbocycles. The molecule has 3 unspecified atom stereocenters. The van der Waals surface area contributed by atoms with Crippen molar-refractivity contribution >= 4 is 41.7 Å². The molecule has 2 rings (SSSR count). The number of ether oxygens (including phenoxy) is 3. The lowest BCUT2D eigenvalue weighted by atomic mass is 9.99. The normalized spacial score (nSPS) is 13.9. The van der Waals surface area contributed by atoms with Gasteiger partial charge < -0.3 is 56.7 Å². The van der Waals surface area contributed by atoms with Gasteiger partial charge in [0.25, 0.3) is 17.8 Å². The van der Waals surface area contributed by atoms with Crippen molar-refractivity contribution in [1.29, 1.82) is 0 Å². The number of esters is 2. The first-order chi connectivity index (χ1) is 31.5. The fourth-order valence-corrected chi connectivity index (χ4v) is 6.25. The first-order valence-electron chi connectivity index (χ1n) is 22.2. The molecular weight excluding hydrogens is 875 g/mol. The maximum Gasteiger partial charge on any atom is 0.407 e. The first-order valence-corrected chi connectivity index (χ1v) is 22.2. The lowest BCUT2D eigenvalue weighted by Crippen LogP contribution is -2.58. The SMILES string of the molecule is CC(C)(C)OC(=O)CC[C@H](NCC(=O)OCc1ccccc1)C(=O)N[C@@H](CCCCNC(=O)OC(C)(C)C)C(O)C(=O)NC(CCCN/C(N)=N/[N+](=O)[O-])C(O)C(=O)NCCc1ccccc1. The van der Waals surface area contributed by atoms with Crippen LogP contribution in [-0.2, 0) is 51.2 Å². The third-order valence-electron chi connectivity index (χ3n) is 9.42. The van der Waals surface area contributed by atoms with E-state index in [0.717, 1.165) is 11.1 Å². The van der Waals surface area contributed by atoms with Crippen LogP contribution in [0.25, 0.3) is 0 Å². The second-order valence-electron chi connectivity index (χ2n) is 17.6. The van der Waals surface area contributed by atoms with Crippen LogP contribution in [0.3, 0.4) is 0 Å². The van der Waals surface area contributed by atoms with Gasteiger partial charge in [-0.1, -0.05) is 60.7 Å². The summed E-state index contributed by atoms with van der Waals surface area (Å²) < 4.78 is 16.0. The Bertz CT molecular complexity index is 1910. The maximum absolute atomic E-state index is 14.0. The average Bonchev–Trinajstić information content (AvgIpc) is 3.24. The number of nitrogens with two attached hydrogens (primary N) is 1. The van der Waals surface area contributed by atoms with E-state index in [-0.39, 0.29) is 64.8 Å². The Morgan fingerprint density at radius 2 is 1.24 bits per heavy atom. The standard InChI is InChI=1S/C45H69N9O13/c1-44(2,3)66-35(55)23-22-34(50-28-36(56)65-29-31-18-11-8-12-19-31)39(59)51-32(20-13-14-25-49-43(62)67-45(4,5)6)38(58)41(61)52-33(21-15-26-48-42(46)53-54(63)64)37(57)40(60)47-27-24-30-16-9-7-10-17-30/h7-12,16-19,32-34,37-38,50,57-58H,13-15,20-29H2,1-6H3,(H,47,60)(H,49,62)(H,51,59)(H,52,61)(H3,46,48,53)/t32-,33?,34-,37?,38?/m0/s1. The summed E-state index contributed by atoms with van der Waals surface area (Å²) in [6, 6.07) is 14.2. The topological polar surface area (TPSA) is 324 Å². The molecule has 0 spiro atoms. The van der Waals surface area contributed by atoms with Crippen LogP contribution in [0.2, 0.25) is 0 Å². The van der Waals surface area contributed by atoms with Crippen LogP contribution < -0.4 is 37.6 Å². The number of guanidine groups is 1. The molecule has 4 amide bonds. The van der Waals surface area contributed by atoms with E-state index in [0.29, 0.717) is 12.8 Å². The van der Waals surface area contributed by atoms with Gasteiger partial charge in [0.1, 0.15) is 22.9 Å². The number of aliphatic hydroxyl groups is 2. The van der Waals surface area contributed by atoms with E-state index in [4.69, 9.17) is 19.9 Å². The molecule has 0 aliphatic rings. The van der Waals surface area contributed by atoms with Crippen molar-refractivity contribution in [2.45, 2.75) is 141 Å². The highest BCUT2D eigenvalue weighted by Crippen LogP contribution is 2.14. The van der Waals surface area contributed by atoms with E-state index in [1.807, 2.05) is 36.4 Å². The summed E-state index contributed by atoms with van der Waals surface area (Å²) in [5.41, 5.74) is 5.59. The van der Waals surface area contributed by atoms with Crippen LogP contribution >= 0.6 is 0 Å². The van der Waals surface area contributed by atoms with Gasteiger partial charge in [0.05, 0.1) is 24.7 Å². The van der Waals surface area contributed by atoms with E-state index in [1.54, 1.807) is 65.8 Å². The highest BCUT2D eigenvalue weighted by atomic mass is 16.7. The lowest BCUT2D eigenvalue weighted by molar-refractivity contribution is -0.485. The molecule has 372 valence electrons. The largest absolute Gasteiger partial charge is 0.460 e. The summed E-state index contributed by atoms with van der Waals surface area (Å²) in [6.45, 7) is 9.94. The summed E-state index contributed by atoms with van der Waals surface area (Å²) in [6.07, 6.45) is -3.98. The van der Waals surface area contributed by atoms with Gasteiger partial charge in [-0.2, -0.15) is 0 Å². The van der Waals surface area contributed by atoms with Gasteiger partial charge >= 0.3 is 18.0 Å². The van der Waals surface area contributed by atoms with Gasteiger partial charge in [0.15, 0.2) is 17.2 Å². The van der Waals surface area contributed by atoms with E-state index >= 15 is 0 Å². The molecule has 22 heteroatoms. The number of hydrogen-bond acceptors (Lipinski definition) is 14. The highest BCUT2D eigenvalue weighted by molar-refractivity contribution is 5.87. The van der Waals surface area contributed by atoms with E-state index in [9.17, 15) is 49.1 Å². The Hall–Kier alpha value is -6.39. The number of carbonyl (C=O) groups excluding carboxylic acids is 6. The monoisotopic (exact) mass is 944 g/mol. The number of aliphatic hydroxyl groups excluding tert-OH is 2. The van der Waals surface area contributed by atoms with Gasteiger partial charge in [-0.05, 0) is 97.6 Å². The quantitative estimate of drug-likeness (QED) is 0.0111. The second kappa shape index (κ2) is 29.3. The van der Waals surface area contributed by atoms with Crippen LogP contribution in [0.15, 0.2) is 65.8 Å². The van der Waals surface area contributed by atoms with Crippen LogP contribution in [0.1, 0.15) is 97.6 Å². The summed E-state index contributed by atoms with van der Waals surface area (Å²) in [5.74, 6) is -4.53. The number of unbranched alkanes of at least 4 members (excludes halogenated alkanes) is 1. The number of nitrogens with zero attached hydrogens (tertiary/aromatic N) is 2. The van der Waals surface area contributed by atoms with Gasteiger partial charge in [-0.15, -0.1) is 0 Å². The Kier molecular flexibility index (Phi) is 24.8. The minimum absolute atomic E-state index is 0.0199. The fourth-order valence-electron chi connectivity index (χ4n) is 6.25. The Morgan fingerprint density at radius 3 is 1.84 bits per heavy atom. The number of hydrazone groups is 1. The number of hydrogen-bond donors (Lipinski definition) is 9. The Labute approximate surface area is 391 Å². The lowest BCUT2D eigenvalue weighted by Gasteiger charge is -2.29. The zero-order valence-corrected chi connectivity index (χ0v) is 39.2. The van der Waals surface area contributed by atoms with Crippen LogP contribution in [0.5, 0.6) is 0 Å². The molecular formula is C45H69N9O13. The number of alkyl carbamates (subject to hydrolysis) is 1. The van der Waals surface area contributed by atoms with Crippen molar-refractivity contribution in [2.75, 3.05) is 26.2 Å². The van der Waals surface area contributed by atoms with Gasteiger partial charge in [-0.3, -0.25) is 29.3 Å². The van der Waals surface area contributed by atoms with Crippen molar-refractivity contribution in [3.05, 3.63) is 81.9 Å². The number of benzene rings is 2. The summed E-state index contributed by atoms with van der Waals surface area (Å²) in [7, 11) is 0. The van der Waals surface area contributed by atoms with Gasteiger partial charge in [0, 0.05) is 26.1 Å². The van der Waals surface area contributed by atoms with Crippen LogP contribution in [0, 0.1) is 10.1 Å². The average molecular weight is 944 g/mol. The van der Waals surface area contributed by atoms with E-state index in [2.05, 4.69) is 37.0 Å². The number of carbonyl (C=O) groups is 6. The first kappa shape index (κ1) is 56.7. The van der Waals surface area contributed by atoms with Crippen LogP contribution in [0.4, 0.5) is 4.79 Å². The summed E-state index contributed by atoms with van der Waals surface area (Å²) in [4.78, 5) is 89.6. The molecule has 0 radical (unpaired) electrons. The van der Waals surface area contributed by atoms with Crippen molar-refractivity contribution in [3.63, 3.8) is 0 Å². The van der Waals surface area contributed by atoms with E-state index < -0.39 is 94.8 Å². The summed E-state index contributed by atoms with van der Waals surface area (Å²) in [5, 5.41) is 51.3. The molecule has 0 fully saturated rings. The third-order valence-corrected chi connectivity index (χ3v) is 9.42. The number of nitro groups is 1. The van der Waals surface area contributed by atoms with Crippen LogP contribution in [-0.4, -0.2) is 125 Å². The van der Waals surface area contributed by atoms with Crippen molar-refractivity contribution in [2.24, 2.45) is 10.8 Å². The predicted molar refractivity (Wildman–Crippen MR) is 246 cm³/mol. The zero-order valence-electron chi connectivity index (χ0n) is 39.2. The van der Waals surface area contributed by atoms with Crippen molar-refractivity contribution in [1.82, 2.24) is 31.9 Å². The molecule has 0 bridgehead atoms. The minimum atomic E-state index is -2.00. The number of nitrogens with one attached hydrogen (secondary N) is 6. The maximum atomic E-state index is 14.0. The highest BCUT2D eigenvalue weighted by Gasteiger charge is 2.34. The molecule has 0 aromatic heterocycles. The molecule has 0 heterocycles. The molecule has 10 N–H and O–H groups in total. The number of rotatable bonds is 28. The number of amides is 4. The molecule has 0 aliphatic heterocycles. The zero-order chi connectivity index (χ0) is 50.0. The Morgan fingerprint density at radius 1 is 0.687 bits per heavy atom. The van der Waals surface area contributed by atoms with Gasteiger partial charge in [0.2, 0.25) is 5.91 Å². The molecule has 22 nitrogen and oxygen atoms in total. The predicted octanol–water partition coefficient (Wildman–Crippen LogP) is 1.43. The Balaban J connectivity index is 2.33. The minimum Gasteiger partial charge on any atom is -0.460 e. The van der Waals surface area contributed by atoms with Crippen molar-refractivity contribution in [3.8, 4) is 0 Å². The fraction of sp³-hybridized carbons (Fsp3) is 0.578.